The monoisotopic (exact) mass is 271 g/mol. The number of hydrogen-bond acceptors (Lipinski definition) is 5. The van der Waals surface area contributed by atoms with Gasteiger partial charge in [-0.3, -0.25) is 0 Å². The highest BCUT2D eigenvalue weighted by Crippen LogP contribution is 2.19. The zero-order chi connectivity index (χ0) is 11.9. The van der Waals surface area contributed by atoms with E-state index in [9.17, 15) is 0 Å². The highest BCUT2D eigenvalue weighted by Gasteiger charge is 2.12. The normalized spacial score (nSPS) is 17.5. The Morgan fingerprint density at radius 3 is 3.06 bits per heavy atom. The number of aryl methyl sites for hydroxylation is 1. The van der Waals surface area contributed by atoms with Crippen molar-refractivity contribution in [2.45, 2.75) is 31.6 Å². The molecule has 0 amide bonds. The summed E-state index contributed by atoms with van der Waals surface area (Å²) in [6, 6.07) is 0. The highest BCUT2D eigenvalue weighted by atomic mass is 32.2. The van der Waals surface area contributed by atoms with E-state index in [2.05, 4.69) is 34.3 Å². The van der Waals surface area contributed by atoms with E-state index in [4.69, 9.17) is 0 Å². The molecule has 1 aliphatic heterocycles. The number of hydrogen-bond donors (Lipinski definition) is 2. The van der Waals surface area contributed by atoms with Gasteiger partial charge >= 0.3 is 0 Å². The van der Waals surface area contributed by atoms with Gasteiger partial charge in [-0.2, -0.15) is 11.8 Å². The molecule has 1 aromatic rings. The maximum atomic E-state index is 4.34. The molecule has 0 atom stereocenters. The summed E-state index contributed by atoms with van der Waals surface area (Å²) in [6.07, 6.45) is 4.61. The average Bonchev–Trinajstić information content (AvgIpc) is 2.76. The number of thiazole rings is 1. The molecule has 2 N–H and O–H groups in total. The number of nitrogens with zero attached hydrogens (tertiary/aromatic N) is 1. The minimum absolute atomic E-state index is 0.875. The van der Waals surface area contributed by atoms with E-state index in [1.165, 1.54) is 41.6 Å². The minimum Gasteiger partial charge on any atom is -0.317 e. The molecule has 0 unspecified atom stereocenters. The van der Waals surface area contributed by atoms with Crippen LogP contribution >= 0.6 is 23.1 Å². The molecule has 1 aliphatic rings. The van der Waals surface area contributed by atoms with Crippen LogP contribution in [0.15, 0.2) is 6.20 Å². The van der Waals surface area contributed by atoms with Gasteiger partial charge in [-0.15, -0.1) is 11.3 Å². The molecule has 1 fully saturated rings. The molecular formula is C12H21N3S2. The lowest BCUT2D eigenvalue weighted by atomic mass is 10.2. The number of piperidine rings is 1. The third kappa shape index (κ3) is 4.95. The van der Waals surface area contributed by atoms with Gasteiger partial charge in [0.2, 0.25) is 0 Å². The van der Waals surface area contributed by atoms with Crippen LogP contribution in [0.3, 0.4) is 0 Å². The highest BCUT2D eigenvalue weighted by molar-refractivity contribution is 7.99. The van der Waals surface area contributed by atoms with E-state index >= 15 is 0 Å². The number of nitrogens with one attached hydrogen (secondary N) is 2. The number of thioether (sulfide) groups is 1. The molecule has 0 aromatic carbocycles. The average molecular weight is 271 g/mol. The lowest BCUT2D eigenvalue weighted by Gasteiger charge is -2.21. The van der Waals surface area contributed by atoms with E-state index in [1.807, 2.05) is 6.20 Å². The van der Waals surface area contributed by atoms with Crippen molar-refractivity contribution in [1.29, 1.82) is 0 Å². The van der Waals surface area contributed by atoms with Crippen molar-refractivity contribution < 1.29 is 0 Å². The molecule has 0 spiro atoms. The zero-order valence-corrected chi connectivity index (χ0v) is 12.0. The van der Waals surface area contributed by atoms with Crippen molar-refractivity contribution in [2.75, 3.05) is 25.4 Å². The molecule has 0 radical (unpaired) electrons. The first-order chi connectivity index (χ1) is 8.34. The summed E-state index contributed by atoms with van der Waals surface area (Å²) in [5.41, 5.74) is 0. The molecule has 1 aromatic heterocycles. The zero-order valence-electron chi connectivity index (χ0n) is 10.4. The Bertz CT molecular complexity index is 321. The summed E-state index contributed by atoms with van der Waals surface area (Å²) in [7, 11) is 0. The molecule has 1 saturated heterocycles. The van der Waals surface area contributed by atoms with E-state index in [1.54, 1.807) is 11.3 Å². The smallest absolute Gasteiger partial charge is 0.107 e. The van der Waals surface area contributed by atoms with E-state index in [0.717, 1.165) is 18.3 Å². The maximum Gasteiger partial charge on any atom is 0.107 e. The molecule has 2 heterocycles. The second kappa shape index (κ2) is 7.36. The fourth-order valence-corrected chi connectivity index (χ4v) is 3.86. The summed E-state index contributed by atoms with van der Waals surface area (Å²) in [6.45, 7) is 6.51. The Morgan fingerprint density at radius 2 is 2.35 bits per heavy atom. The van der Waals surface area contributed by atoms with Gasteiger partial charge in [-0.1, -0.05) is 0 Å². The fourth-order valence-electron chi connectivity index (χ4n) is 1.94. The Labute approximate surface area is 112 Å². The molecule has 3 nitrogen and oxygen atoms in total. The molecule has 17 heavy (non-hydrogen) atoms. The van der Waals surface area contributed by atoms with Gasteiger partial charge in [-0.05, 0) is 32.9 Å². The van der Waals surface area contributed by atoms with Gasteiger partial charge in [0.25, 0.3) is 0 Å². The van der Waals surface area contributed by atoms with E-state index in [0.29, 0.717) is 0 Å². The Hall–Kier alpha value is -0.100. The van der Waals surface area contributed by atoms with Crippen LogP contribution in [0.25, 0.3) is 0 Å². The Balaban J connectivity index is 1.51. The van der Waals surface area contributed by atoms with Crippen molar-refractivity contribution in [3.05, 3.63) is 16.1 Å². The van der Waals surface area contributed by atoms with Crippen LogP contribution in [0, 0.1) is 6.92 Å². The number of aromatic nitrogens is 1. The van der Waals surface area contributed by atoms with Crippen LogP contribution in [0.5, 0.6) is 0 Å². The minimum atomic E-state index is 0.875. The van der Waals surface area contributed by atoms with Crippen molar-refractivity contribution in [3.63, 3.8) is 0 Å². The third-order valence-electron chi connectivity index (χ3n) is 2.86. The standard InChI is InChI=1S/C12H21N3S2/c1-10-8-15-12(17-10)9-14-6-7-16-11-2-4-13-5-3-11/h8,11,13-14H,2-7,9H2,1H3. The van der Waals surface area contributed by atoms with E-state index < -0.39 is 0 Å². The fraction of sp³-hybridized carbons (Fsp3) is 0.750. The second-order valence-electron chi connectivity index (χ2n) is 4.36. The first-order valence-electron chi connectivity index (χ1n) is 6.29. The van der Waals surface area contributed by atoms with Gasteiger partial charge < -0.3 is 10.6 Å². The quantitative estimate of drug-likeness (QED) is 0.776. The topological polar surface area (TPSA) is 37.0 Å². The van der Waals surface area contributed by atoms with Crippen molar-refractivity contribution >= 4 is 23.1 Å². The Morgan fingerprint density at radius 1 is 1.53 bits per heavy atom. The van der Waals surface area contributed by atoms with Gasteiger partial charge in [0.15, 0.2) is 0 Å². The molecule has 5 heteroatoms. The summed E-state index contributed by atoms with van der Waals surface area (Å²) in [5, 5.41) is 8.95. The third-order valence-corrected chi connectivity index (χ3v) is 5.16. The van der Waals surface area contributed by atoms with Crippen molar-refractivity contribution in [3.8, 4) is 0 Å². The van der Waals surface area contributed by atoms with E-state index in [-0.39, 0.29) is 0 Å². The van der Waals surface area contributed by atoms with Crippen LogP contribution < -0.4 is 10.6 Å². The molecule has 0 bridgehead atoms. The number of rotatable bonds is 6. The van der Waals surface area contributed by atoms with Crippen molar-refractivity contribution in [2.24, 2.45) is 0 Å². The maximum absolute atomic E-state index is 4.34. The van der Waals surface area contributed by atoms with Crippen LogP contribution in [0.1, 0.15) is 22.7 Å². The van der Waals surface area contributed by atoms with Crippen LogP contribution in [0.4, 0.5) is 0 Å². The van der Waals surface area contributed by atoms with Crippen LogP contribution in [-0.2, 0) is 6.54 Å². The summed E-state index contributed by atoms with van der Waals surface area (Å²) in [5.74, 6) is 1.22. The molecule has 2 rings (SSSR count). The van der Waals surface area contributed by atoms with Crippen LogP contribution in [-0.4, -0.2) is 35.6 Å². The van der Waals surface area contributed by atoms with Crippen LogP contribution in [0.2, 0.25) is 0 Å². The predicted molar refractivity (Wildman–Crippen MR) is 76.9 cm³/mol. The molecule has 0 saturated carbocycles. The lowest BCUT2D eigenvalue weighted by Crippen LogP contribution is -2.30. The molecule has 0 aliphatic carbocycles. The Kier molecular flexibility index (Phi) is 5.77. The summed E-state index contributed by atoms with van der Waals surface area (Å²) < 4.78 is 0. The second-order valence-corrected chi connectivity index (χ2v) is 7.09. The van der Waals surface area contributed by atoms with Gasteiger partial charge in [0.1, 0.15) is 5.01 Å². The van der Waals surface area contributed by atoms with Gasteiger partial charge in [0.05, 0.1) is 0 Å². The predicted octanol–water partition coefficient (Wildman–Crippen LogP) is 2.03. The summed E-state index contributed by atoms with van der Waals surface area (Å²) >= 11 is 3.90. The first kappa shape index (κ1) is 13.3. The first-order valence-corrected chi connectivity index (χ1v) is 8.15. The van der Waals surface area contributed by atoms with Gasteiger partial charge in [-0.25, -0.2) is 4.98 Å². The van der Waals surface area contributed by atoms with Crippen molar-refractivity contribution in [1.82, 2.24) is 15.6 Å². The SMILES string of the molecule is Cc1cnc(CNCCSC2CCNCC2)s1. The molecular weight excluding hydrogens is 250 g/mol. The van der Waals surface area contributed by atoms with Gasteiger partial charge in [0, 0.05) is 35.2 Å². The largest absolute Gasteiger partial charge is 0.317 e. The lowest BCUT2D eigenvalue weighted by molar-refractivity contribution is 0.531. The summed E-state index contributed by atoms with van der Waals surface area (Å²) in [4.78, 5) is 5.64. The molecule has 96 valence electrons.